The number of rotatable bonds is 4. The van der Waals surface area contributed by atoms with Gasteiger partial charge in [0.1, 0.15) is 5.82 Å². The Hall–Kier alpha value is -2.54. The highest BCUT2D eigenvalue weighted by Gasteiger charge is 2.27. The first-order valence-corrected chi connectivity index (χ1v) is 8.27. The number of anilines is 1. The van der Waals surface area contributed by atoms with Crippen LogP contribution < -0.4 is 5.32 Å². The van der Waals surface area contributed by atoms with Gasteiger partial charge < -0.3 is 10.1 Å². The van der Waals surface area contributed by atoms with Gasteiger partial charge in [-0.2, -0.15) is 0 Å². The fraction of sp³-hybridized carbons (Fsp3) is 0.412. The van der Waals surface area contributed by atoms with E-state index in [0.29, 0.717) is 11.6 Å². The van der Waals surface area contributed by atoms with Crippen molar-refractivity contribution in [3.63, 3.8) is 0 Å². The van der Waals surface area contributed by atoms with Crippen molar-refractivity contribution >= 4 is 11.5 Å². The van der Waals surface area contributed by atoms with E-state index < -0.39 is 0 Å². The molecule has 24 heavy (non-hydrogen) atoms. The molecular weight excluding hydrogens is 304 g/mol. The lowest BCUT2D eigenvalue weighted by Gasteiger charge is -2.32. The summed E-state index contributed by atoms with van der Waals surface area (Å²) in [5.74, 6) is 1.18. The van der Waals surface area contributed by atoms with Gasteiger partial charge in [-0.1, -0.05) is 29.8 Å². The second-order valence-corrected chi connectivity index (χ2v) is 6.23. The normalized spacial score (nSPS) is 21.0. The maximum absolute atomic E-state index is 6.06. The number of nitrogens with one attached hydrogen (secondary N) is 1. The molecular formula is C17H20N6O. The Morgan fingerprint density at radius 3 is 2.96 bits per heavy atom. The van der Waals surface area contributed by atoms with Crippen LogP contribution in [-0.2, 0) is 4.74 Å². The van der Waals surface area contributed by atoms with Crippen molar-refractivity contribution < 1.29 is 4.74 Å². The molecule has 1 aromatic carbocycles. The topological polar surface area (TPSA) is 77.2 Å². The molecule has 1 saturated heterocycles. The molecule has 7 heteroatoms. The van der Waals surface area contributed by atoms with Gasteiger partial charge >= 0.3 is 0 Å². The first-order chi connectivity index (χ1) is 11.8. The van der Waals surface area contributed by atoms with Gasteiger partial charge in [-0.05, 0) is 47.9 Å². The van der Waals surface area contributed by atoms with Crippen molar-refractivity contribution in [1.29, 1.82) is 0 Å². The minimum Gasteiger partial charge on any atom is -0.373 e. The molecule has 0 bridgehead atoms. The molecule has 1 N–H and O–H groups in total. The van der Waals surface area contributed by atoms with Gasteiger partial charge in [0, 0.05) is 19.1 Å². The van der Waals surface area contributed by atoms with Crippen LogP contribution in [0.3, 0.4) is 0 Å². The van der Waals surface area contributed by atoms with Crippen molar-refractivity contribution in [3.8, 4) is 0 Å². The molecule has 0 aliphatic carbocycles. The van der Waals surface area contributed by atoms with E-state index in [2.05, 4.69) is 57.1 Å². The predicted molar refractivity (Wildman–Crippen MR) is 89.7 cm³/mol. The van der Waals surface area contributed by atoms with Gasteiger partial charge in [0.15, 0.2) is 5.65 Å². The summed E-state index contributed by atoms with van der Waals surface area (Å²) in [7, 11) is 0. The number of nitrogens with zero attached hydrogens (tertiary/aromatic N) is 5. The molecule has 7 nitrogen and oxygen atoms in total. The summed E-state index contributed by atoms with van der Waals surface area (Å²) in [6, 6.07) is 12.4. The standard InChI is InChI=1S/C17H20N6O/c1-12-4-6-13(7-5-12)17-14(3-2-10-24-17)11-18-15-8-9-16-19-21-22-23(16)20-15/h4-9,14,17H,2-3,10-11H2,1H3,(H,18,20)/t14-,17+/m1/s1. The monoisotopic (exact) mass is 324 g/mol. The van der Waals surface area contributed by atoms with E-state index in [0.717, 1.165) is 31.8 Å². The summed E-state index contributed by atoms with van der Waals surface area (Å²) in [5, 5.41) is 19.0. The van der Waals surface area contributed by atoms with E-state index in [4.69, 9.17) is 4.74 Å². The molecule has 3 heterocycles. The van der Waals surface area contributed by atoms with Crippen LogP contribution in [0, 0.1) is 12.8 Å². The number of fused-ring (bicyclic) bond motifs is 1. The summed E-state index contributed by atoms with van der Waals surface area (Å²) in [6.45, 7) is 3.73. The number of aromatic nitrogens is 5. The molecule has 1 aliphatic rings. The van der Waals surface area contributed by atoms with E-state index >= 15 is 0 Å². The second-order valence-electron chi connectivity index (χ2n) is 6.23. The van der Waals surface area contributed by atoms with Crippen LogP contribution in [0.2, 0.25) is 0 Å². The highest BCUT2D eigenvalue weighted by atomic mass is 16.5. The van der Waals surface area contributed by atoms with E-state index in [1.807, 2.05) is 12.1 Å². The molecule has 4 rings (SSSR count). The Labute approximate surface area is 140 Å². The highest BCUT2D eigenvalue weighted by molar-refractivity contribution is 5.42. The molecule has 0 unspecified atom stereocenters. The molecule has 3 aromatic rings. The maximum Gasteiger partial charge on any atom is 0.200 e. The van der Waals surface area contributed by atoms with Gasteiger partial charge in [-0.25, -0.2) is 0 Å². The summed E-state index contributed by atoms with van der Waals surface area (Å²) in [6.07, 6.45) is 2.36. The molecule has 0 spiro atoms. The van der Waals surface area contributed by atoms with Crippen LogP contribution in [-0.4, -0.2) is 38.4 Å². The van der Waals surface area contributed by atoms with Crippen molar-refractivity contribution in [2.24, 2.45) is 5.92 Å². The minimum absolute atomic E-state index is 0.128. The summed E-state index contributed by atoms with van der Waals surface area (Å²) < 4.78 is 7.49. The molecule has 0 amide bonds. The third-order valence-corrected chi connectivity index (χ3v) is 4.47. The molecule has 1 fully saturated rings. The van der Waals surface area contributed by atoms with Gasteiger partial charge in [-0.3, -0.25) is 0 Å². The Morgan fingerprint density at radius 2 is 2.08 bits per heavy atom. The average molecular weight is 324 g/mol. The van der Waals surface area contributed by atoms with E-state index in [1.54, 1.807) is 0 Å². The van der Waals surface area contributed by atoms with Crippen molar-refractivity contribution in [1.82, 2.24) is 25.3 Å². The first-order valence-electron chi connectivity index (χ1n) is 8.27. The van der Waals surface area contributed by atoms with E-state index in [9.17, 15) is 0 Å². The number of hydrogen-bond acceptors (Lipinski definition) is 6. The second kappa shape index (κ2) is 6.52. The molecule has 1 aliphatic heterocycles. The van der Waals surface area contributed by atoms with Crippen LogP contribution in [0.25, 0.3) is 5.65 Å². The summed E-state index contributed by atoms with van der Waals surface area (Å²) in [4.78, 5) is 0. The van der Waals surface area contributed by atoms with E-state index in [1.165, 1.54) is 15.8 Å². The van der Waals surface area contributed by atoms with Crippen LogP contribution in [0.5, 0.6) is 0 Å². The van der Waals surface area contributed by atoms with Gasteiger partial charge in [0.25, 0.3) is 0 Å². The van der Waals surface area contributed by atoms with Crippen molar-refractivity contribution in [2.75, 3.05) is 18.5 Å². The number of ether oxygens (including phenoxy) is 1. The number of benzene rings is 1. The van der Waals surface area contributed by atoms with E-state index in [-0.39, 0.29) is 6.10 Å². The minimum atomic E-state index is 0.128. The third-order valence-electron chi connectivity index (χ3n) is 4.47. The van der Waals surface area contributed by atoms with Crippen molar-refractivity contribution in [2.45, 2.75) is 25.9 Å². The Kier molecular flexibility index (Phi) is 4.08. The lowest BCUT2D eigenvalue weighted by atomic mass is 9.89. The summed E-state index contributed by atoms with van der Waals surface area (Å²) in [5.41, 5.74) is 3.15. The van der Waals surface area contributed by atoms with Gasteiger partial charge in [0.2, 0.25) is 0 Å². The molecule has 0 radical (unpaired) electrons. The number of tetrazole rings is 1. The fourth-order valence-electron chi connectivity index (χ4n) is 3.16. The Balaban J connectivity index is 1.47. The van der Waals surface area contributed by atoms with Gasteiger partial charge in [0.05, 0.1) is 6.10 Å². The quantitative estimate of drug-likeness (QED) is 0.794. The number of aryl methyl sites for hydroxylation is 1. The lowest BCUT2D eigenvalue weighted by Crippen LogP contribution is -2.28. The van der Waals surface area contributed by atoms with Crippen molar-refractivity contribution in [3.05, 3.63) is 47.5 Å². The lowest BCUT2D eigenvalue weighted by molar-refractivity contribution is -0.0238. The van der Waals surface area contributed by atoms with Crippen LogP contribution in [0.4, 0.5) is 5.82 Å². The zero-order chi connectivity index (χ0) is 16.4. The van der Waals surface area contributed by atoms with Crippen LogP contribution in [0.1, 0.15) is 30.1 Å². The van der Waals surface area contributed by atoms with Gasteiger partial charge in [-0.15, -0.1) is 14.8 Å². The smallest absolute Gasteiger partial charge is 0.200 e. The molecule has 2 atom stereocenters. The molecule has 0 saturated carbocycles. The largest absolute Gasteiger partial charge is 0.373 e. The maximum atomic E-state index is 6.06. The Morgan fingerprint density at radius 1 is 1.21 bits per heavy atom. The zero-order valence-electron chi connectivity index (χ0n) is 13.6. The number of hydrogen-bond donors (Lipinski definition) is 1. The first kappa shape index (κ1) is 15.0. The zero-order valence-corrected chi connectivity index (χ0v) is 13.6. The third kappa shape index (κ3) is 3.07. The predicted octanol–water partition coefficient (Wildman–Crippen LogP) is 2.41. The fourth-order valence-corrected chi connectivity index (χ4v) is 3.16. The Bertz CT molecular complexity index is 815. The molecule has 124 valence electrons. The molecule has 2 aromatic heterocycles. The average Bonchev–Trinajstić information content (AvgIpc) is 3.09. The van der Waals surface area contributed by atoms with Crippen LogP contribution >= 0.6 is 0 Å². The van der Waals surface area contributed by atoms with Crippen LogP contribution in [0.15, 0.2) is 36.4 Å². The SMILES string of the molecule is Cc1ccc([C@@H]2OCCC[C@@H]2CNc2ccc3nnnn3n2)cc1. The summed E-state index contributed by atoms with van der Waals surface area (Å²) >= 11 is 0. The highest BCUT2D eigenvalue weighted by Crippen LogP contribution is 2.33.